The van der Waals surface area contributed by atoms with Gasteiger partial charge >= 0.3 is 0 Å². The molecule has 0 radical (unpaired) electrons. The van der Waals surface area contributed by atoms with Gasteiger partial charge < -0.3 is 0 Å². The predicted molar refractivity (Wildman–Crippen MR) is 91.4 cm³/mol. The lowest BCUT2D eigenvalue weighted by Gasteiger charge is -2.07. The highest BCUT2D eigenvalue weighted by Gasteiger charge is 2.08. The van der Waals surface area contributed by atoms with Gasteiger partial charge in [-0.2, -0.15) is 0 Å². The summed E-state index contributed by atoms with van der Waals surface area (Å²) in [5, 5.41) is 0. The van der Waals surface area contributed by atoms with E-state index >= 15 is 0 Å². The van der Waals surface area contributed by atoms with E-state index in [4.69, 9.17) is 0 Å². The number of benzene rings is 2. The van der Waals surface area contributed by atoms with Crippen LogP contribution in [0.5, 0.6) is 0 Å². The summed E-state index contributed by atoms with van der Waals surface area (Å²) in [6.07, 6.45) is 2.21. The van der Waals surface area contributed by atoms with Gasteiger partial charge in [0.15, 0.2) is 5.78 Å². The molecule has 0 N–H and O–H groups in total. The van der Waals surface area contributed by atoms with Crippen molar-refractivity contribution in [3.63, 3.8) is 0 Å². The summed E-state index contributed by atoms with van der Waals surface area (Å²) in [6, 6.07) is 14.4. The zero-order valence-corrected chi connectivity index (χ0v) is 13.8. The van der Waals surface area contributed by atoms with Crippen LogP contribution >= 0.6 is 11.8 Å². The Kier molecular flexibility index (Phi) is 5.63. The molecule has 2 aromatic rings. The summed E-state index contributed by atoms with van der Waals surface area (Å²) in [6.45, 7) is 6.35. The highest BCUT2D eigenvalue weighted by atomic mass is 32.2. The summed E-state index contributed by atoms with van der Waals surface area (Å²) in [4.78, 5) is 13.4. The van der Waals surface area contributed by atoms with Crippen molar-refractivity contribution >= 4 is 17.5 Å². The quantitative estimate of drug-likeness (QED) is 0.536. The van der Waals surface area contributed by atoms with Gasteiger partial charge in [0.25, 0.3) is 0 Å². The zero-order chi connectivity index (χ0) is 15.2. The Balaban J connectivity index is 1.98. The maximum absolute atomic E-state index is 12.2. The highest BCUT2D eigenvalue weighted by molar-refractivity contribution is 8.00. The summed E-state index contributed by atoms with van der Waals surface area (Å²) >= 11 is 1.62. The molecule has 0 aliphatic carbocycles. The van der Waals surface area contributed by atoms with Crippen molar-refractivity contribution < 1.29 is 4.79 Å². The number of Topliss-reactive ketones (excluding diaryl/α,β-unsaturated/α-hetero) is 1. The standard InChI is InChI=1S/C19H22OS/c1-4-5-16-7-9-17(10-8-16)18(20)13-21-19-11-6-14(2)12-15(19)3/h6-12H,4-5,13H2,1-3H3. The fourth-order valence-electron chi connectivity index (χ4n) is 2.33. The van der Waals surface area contributed by atoms with Crippen LogP contribution in [0.15, 0.2) is 47.4 Å². The topological polar surface area (TPSA) is 17.1 Å². The third kappa shape index (κ3) is 4.47. The molecule has 110 valence electrons. The number of carbonyl (C=O) groups is 1. The van der Waals surface area contributed by atoms with Crippen molar-refractivity contribution in [3.05, 3.63) is 64.7 Å². The first kappa shape index (κ1) is 15.8. The van der Waals surface area contributed by atoms with Crippen molar-refractivity contribution in [2.45, 2.75) is 38.5 Å². The van der Waals surface area contributed by atoms with E-state index in [1.165, 1.54) is 21.6 Å². The molecule has 0 aliphatic heterocycles. The molecule has 0 amide bonds. The summed E-state index contributed by atoms with van der Waals surface area (Å²) in [7, 11) is 0. The maximum Gasteiger partial charge on any atom is 0.173 e. The minimum absolute atomic E-state index is 0.197. The number of carbonyl (C=O) groups excluding carboxylic acids is 1. The lowest BCUT2D eigenvalue weighted by atomic mass is 10.1. The average Bonchev–Trinajstić information content (AvgIpc) is 2.47. The smallest absolute Gasteiger partial charge is 0.173 e. The Hall–Kier alpha value is -1.54. The van der Waals surface area contributed by atoms with Crippen LogP contribution in [0.3, 0.4) is 0 Å². The Morgan fingerprint density at radius 2 is 1.76 bits per heavy atom. The van der Waals surface area contributed by atoms with Gasteiger partial charge in [-0.15, -0.1) is 11.8 Å². The molecule has 21 heavy (non-hydrogen) atoms. The van der Waals surface area contributed by atoms with Gasteiger partial charge in [0.05, 0.1) is 5.75 Å². The number of rotatable bonds is 6. The molecule has 0 fully saturated rings. The average molecular weight is 298 g/mol. The summed E-state index contributed by atoms with van der Waals surface area (Å²) in [5.41, 5.74) is 4.61. The Morgan fingerprint density at radius 1 is 1.05 bits per heavy atom. The molecule has 0 saturated carbocycles. The van der Waals surface area contributed by atoms with E-state index in [0.29, 0.717) is 5.75 Å². The van der Waals surface area contributed by atoms with Gasteiger partial charge in [-0.25, -0.2) is 0 Å². The van der Waals surface area contributed by atoms with Crippen molar-refractivity contribution in [1.82, 2.24) is 0 Å². The normalized spacial score (nSPS) is 10.6. The molecule has 0 spiro atoms. The van der Waals surface area contributed by atoms with E-state index in [-0.39, 0.29) is 5.78 Å². The van der Waals surface area contributed by atoms with Crippen molar-refractivity contribution in [3.8, 4) is 0 Å². The van der Waals surface area contributed by atoms with Gasteiger partial charge in [-0.05, 0) is 37.5 Å². The van der Waals surface area contributed by atoms with Crippen molar-refractivity contribution in [2.75, 3.05) is 5.75 Å². The monoisotopic (exact) mass is 298 g/mol. The third-order valence-electron chi connectivity index (χ3n) is 3.50. The molecule has 2 aromatic carbocycles. The van der Waals surface area contributed by atoms with E-state index in [2.05, 4.69) is 51.1 Å². The van der Waals surface area contributed by atoms with Crippen LogP contribution in [0.4, 0.5) is 0 Å². The molecular weight excluding hydrogens is 276 g/mol. The van der Waals surface area contributed by atoms with Gasteiger partial charge in [0.2, 0.25) is 0 Å². The van der Waals surface area contributed by atoms with Gasteiger partial charge in [-0.3, -0.25) is 4.79 Å². The van der Waals surface area contributed by atoms with Crippen LogP contribution in [0.1, 0.15) is 40.4 Å². The second-order valence-electron chi connectivity index (χ2n) is 5.43. The molecule has 0 atom stereocenters. The first-order chi connectivity index (χ1) is 10.1. The van der Waals surface area contributed by atoms with Crippen molar-refractivity contribution in [2.24, 2.45) is 0 Å². The first-order valence-electron chi connectivity index (χ1n) is 7.42. The first-order valence-corrected chi connectivity index (χ1v) is 8.41. The highest BCUT2D eigenvalue weighted by Crippen LogP contribution is 2.24. The largest absolute Gasteiger partial charge is 0.293 e. The molecule has 2 heteroatoms. The fraction of sp³-hybridized carbons (Fsp3) is 0.316. The molecule has 0 unspecified atom stereocenters. The number of thioether (sulfide) groups is 1. The van der Waals surface area contributed by atoms with Crippen LogP contribution in [0.25, 0.3) is 0 Å². The molecule has 0 aliphatic rings. The predicted octanol–water partition coefficient (Wildman–Crippen LogP) is 5.23. The lowest BCUT2D eigenvalue weighted by Crippen LogP contribution is -2.02. The molecule has 0 heterocycles. The van der Waals surface area contributed by atoms with Gasteiger partial charge in [0, 0.05) is 10.5 Å². The van der Waals surface area contributed by atoms with Gasteiger partial charge in [-0.1, -0.05) is 55.3 Å². The maximum atomic E-state index is 12.2. The van der Waals surface area contributed by atoms with Crippen LogP contribution in [-0.4, -0.2) is 11.5 Å². The molecule has 2 rings (SSSR count). The Bertz CT molecular complexity index is 614. The summed E-state index contributed by atoms with van der Waals surface area (Å²) < 4.78 is 0. The number of hydrogen-bond donors (Lipinski definition) is 0. The van der Waals surface area contributed by atoms with E-state index in [0.717, 1.165) is 18.4 Å². The van der Waals surface area contributed by atoms with Crippen LogP contribution in [0, 0.1) is 13.8 Å². The Morgan fingerprint density at radius 3 is 2.38 bits per heavy atom. The SMILES string of the molecule is CCCc1ccc(C(=O)CSc2ccc(C)cc2C)cc1. The van der Waals surface area contributed by atoms with Crippen LogP contribution in [0.2, 0.25) is 0 Å². The number of hydrogen-bond acceptors (Lipinski definition) is 2. The van der Waals surface area contributed by atoms with E-state index in [1.54, 1.807) is 11.8 Å². The molecule has 1 nitrogen and oxygen atoms in total. The van der Waals surface area contributed by atoms with E-state index in [9.17, 15) is 4.79 Å². The summed E-state index contributed by atoms with van der Waals surface area (Å²) in [5.74, 6) is 0.694. The second kappa shape index (κ2) is 7.46. The van der Waals surface area contributed by atoms with Crippen LogP contribution in [-0.2, 0) is 6.42 Å². The van der Waals surface area contributed by atoms with Gasteiger partial charge in [0.1, 0.15) is 0 Å². The molecule has 0 bridgehead atoms. The lowest BCUT2D eigenvalue weighted by molar-refractivity contribution is 0.102. The number of ketones is 1. The molecule has 0 saturated heterocycles. The van der Waals surface area contributed by atoms with E-state index < -0.39 is 0 Å². The zero-order valence-electron chi connectivity index (χ0n) is 13.0. The molecular formula is C19H22OS. The third-order valence-corrected chi connectivity index (χ3v) is 4.68. The molecule has 0 aromatic heterocycles. The minimum Gasteiger partial charge on any atom is -0.293 e. The number of aryl methyl sites for hydroxylation is 3. The Labute approximate surface area is 131 Å². The van der Waals surface area contributed by atoms with Crippen LogP contribution < -0.4 is 0 Å². The van der Waals surface area contributed by atoms with E-state index in [1.807, 2.05) is 12.1 Å². The second-order valence-corrected chi connectivity index (χ2v) is 6.44. The van der Waals surface area contributed by atoms with Crippen molar-refractivity contribution in [1.29, 1.82) is 0 Å². The fourth-order valence-corrected chi connectivity index (χ4v) is 3.24. The minimum atomic E-state index is 0.197.